The van der Waals surface area contributed by atoms with E-state index in [1.165, 1.54) is 11.3 Å². The highest BCUT2D eigenvalue weighted by Crippen LogP contribution is 2.40. The summed E-state index contributed by atoms with van der Waals surface area (Å²) in [5.74, 6) is -0.994. The zero-order chi connectivity index (χ0) is 23.3. The van der Waals surface area contributed by atoms with Crippen LogP contribution >= 0.6 is 11.3 Å². The number of carboxylic acid groups (broad SMARTS) is 1. The summed E-state index contributed by atoms with van der Waals surface area (Å²) < 4.78 is 28.5. The summed E-state index contributed by atoms with van der Waals surface area (Å²) in [6, 6.07) is 10.1. The van der Waals surface area contributed by atoms with Gasteiger partial charge in [0.2, 0.25) is 9.84 Å². The average Bonchev–Trinajstić information content (AvgIpc) is 3.32. The Hall–Kier alpha value is -2.71. The summed E-state index contributed by atoms with van der Waals surface area (Å²) in [5, 5.41) is 11.2. The molecule has 2 aromatic heterocycles. The van der Waals surface area contributed by atoms with Gasteiger partial charge in [-0.15, -0.1) is 11.3 Å². The fourth-order valence-electron chi connectivity index (χ4n) is 4.60. The highest BCUT2D eigenvalue weighted by atomic mass is 32.2. The molecule has 0 saturated heterocycles. The molecule has 0 radical (unpaired) electrons. The molecule has 1 aliphatic carbocycles. The van der Waals surface area contributed by atoms with E-state index in [1.54, 1.807) is 46.3 Å². The molecule has 2 heterocycles. The van der Waals surface area contributed by atoms with E-state index in [4.69, 9.17) is 0 Å². The van der Waals surface area contributed by atoms with Crippen LogP contribution in [0.4, 0.5) is 0 Å². The van der Waals surface area contributed by atoms with Crippen molar-refractivity contribution in [2.45, 2.75) is 55.7 Å². The van der Waals surface area contributed by atoms with E-state index in [-0.39, 0.29) is 33.3 Å². The fourth-order valence-corrected chi connectivity index (χ4v) is 7.21. The van der Waals surface area contributed by atoms with Crippen molar-refractivity contribution in [1.29, 1.82) is 0 Å². The topological polar surface area (TPSA) is 93.4 Å². The lowest BCUT2D eigenvalue weighted by Crippen LogP contribution is -2.29. The molecule has 6 nitrogen and oxygen atoms in total. The number of nitrogens with zero attached hydrogens (tertiary/aromatic N) is 1. The summed E-state index contributed by atoms with van der Waals surface area (Å²) in [5.41, 5.74) is 3.05. The zero-order valence-electron chi connectivity index (χ0n) is 18.2. The Labute approximate surface area is 191 Å². The van der Waals surface area contributed by atoms with Gasteiger partial charge in [0.05, 0.1) is 4.90 Å². The number of hydrogen-bond donors (Lipinski definition) is 1. The minimum Gasteiger partial charge on any atom is -0.480 e. The fraction of sp³-hybridized carbons (Fsp3) is 0.333. The number of aromatic nitrogens is 1. The van der Waals surface area contributed by atoms with Crippen LogP contribution < -0.4 is 0 Å². The molecule has 0 fully saturated rings. The second-order valence-corrected chi connectivity index (χ2v) is 12.1. The van der Waals surface area contributed by atoms with Gasteiger partial charge in [0.15, 0.2) is 5.78 Å². The van der Waals surface area contributed by atoms with Gasteiger partial charge in [0.25, 0.3) is 0 Å². The molecule has 3 aromatic rings. The van der Waals surface area contributed by atoms with Crippen LogP contribution in [-0.4, -0.2) is 29.8 Å². The lowest BCUT2D eigenvalue weighted by atomic mass is 9.75. The first-order valence-electron chi connectivity index (χ1n) is 10.3. The Bertz CT molecular complexity index is 1310. The number of ketones is 1. The summed E-state index contributed by atoms with van der Waals surface area (Å²) in [6.45, 7) is 5.59. The Morgan fingerprint density at radius 3 is 2.53 bits per heavy atom. The van der Waals surface area contributed by atoms with E-state index in [2.05, 4.69) is 0 Å². The van der Waals surface area contributed by atoms with E-state index < -0.39 is 15.8 Å². The Morgan fingerprint density at radius 1 is 1.16 bits per heavy atom. The van der Waals surface area contributed by atoms with Gasteiger partial charge in [0.1, 0.15) is 10.8 Å². The minimum absolute atomic E-state index is 0.0166. The maximum absolute atomic E-state index is 13.2. The molecule has 1 aromatic carbocycles. The van der Waals surface area contributed by atoms with Gasteiger partial charge < -0.3 is 9.67 Å². The number of fused-ring (bicyclic) bond motifs is 1. The molecule has 4 rings (SSSR count). The van der Waals surface area contributed by atoms with Gasteiger partial charge in [-0.2, -0.15) is 0 Å². The van der Waals surface area contributed by atoms with Crippen molar-refractivity contribution in [2.24, 2.45) is 5.41 Å². The van der Waals surface area contributed by atoms with Crippen molar-refractivity contribution in [3.63, 3.8) is 0 Å². The number of aliphatic carboxylic acids is 1. The third-order valence-corrected chi connectivity index (χ3v) is 9.26. The summed E-state index contributed by atoms with van der Waals surface area (Å²) >= 11 is 1.17. The summed E-state index contributed by atoms with van der Waals surface area (Å²) in [7, 11) is -3.69. The van der Waals surface area contributed by atoms with E-state index in [9.17, 15) is 23.1 Å². The van der Waals surface area contributed by atoms with E-state index >= 15 is 0 Å². The van der Waals surface area contributed by atoms with Gasteiger partial charge >= 0.3 is 5.97 Å². The second kappa shape index (κ2) is 8.01. The Kier molecular flexibility index (Phi) is 5.63. The highest BCUT2D eigenvalue weighted by Gasteiger charge is 2.37. The molecule has 32 heavy (non-hydrogen) atoms. The molecule has 0 bridgehead atoms. The first-order valence-corrected chi connectivity index (χ1v) is 12.7. The van der Waals surface area contributed by atoms with Gasteiger partial charge in [-0.3, -0.25) is 9.59 Å². The molecule has 1 N–H and O–H groups in total. The van der Waals surface area contributed by atoms with Crippen molar-refractivity contribution in [2.75, 3.05) is 0 Å². The van der Waals surface area contributed by atoms with Gasteiger partial charge in [-0.1, -0.05) is 38.1 Å². The molecular formula is C24H25NO5S2. The number of benzene rings is 1. The van der Waals surface area contributed by atoms with Crippen LogP contribution in [0, 0.1) is 12.3 Å². The number of rotatable bonds is 6. The first kappa shape index (κ1) is 22.5. The van der Waals surface area contributed by atoms with Gasteiger partial charge in [0, 0.05) is 29.8 Å². The number of sulfone groups is 1. The second-order valence-electron chi connectivity index (χ2n) is 9.03. The van der Waals surface area contributed by atoms with Crippen molar-refractivity contribution < 1.29 is 23.1 Å². The van der Waals surface area contributed by atoms with E-state index in [0.29, 0.717) is 29.7 Å². The molecule has 0 spiro atoms. The highest BCUT2D eigenvalue weighted by molar-refractivity contribution is 7.93. The maximum atomic E-state index is 13.2. The number of thiophene rings is 1. The van der Waals surface area contributed by atoms with Gasteiger partial charge in [-0.25, -0.2) is 8.42 Å². The average molecular weight is 472 g/mol. The van der Waals surface area contributed by atoms with Crippen molar-refractivity contribution in [3.8, 4) is 0 Å². The molecule has 0 amide bonds. The lowest BCUT2D eigenvalue weighted by Gasteiger charge is -2.30. The molecular weight excluding hydrogens is 446 g/mol. The standard InChI is InChI=1S/C24H25NO5S2/c1-15-17(23-18(25(15)14-21(27)28)12-24(2,3)13-19(23)26)11-16-7-4-5-8-20(16)32(29,30)22-9-6-10-31-22/h4-10H,11-14H2,1-3H3,(H,27,28). The smallest absolute Gasteiger partial charge is 0.323 e. The van der Waals surface area contributed by atoms with E-state index in [1.807, 2.05) is 20.8 Å². The molecule has 168 valence electrons. The summed E-state index contributed by atoms with van der Waals surface area (Å²) in [6.07, 6.45) is 1.21. The van der Waals surface area contributed by atoms with Crippen LogP contribution in [0.2, 0.25) is 0 Å². The maximum Gasteiger partial charge on any atom is 0.323 e. The monoisotopic (exact) mass is 471 g/mol. The SMILES string of the molecule is Cc1c(Cc2ccccc2S(=O)(=O)c2cccs2)c2c(n1CC(=O)O)CC(C)(C)CC2=O. The van der Waals surface area contributed by atoms with Crippen LogP contribution in [-0.2, 0) is 34.0 Å². The first-order chi connectivity index (χ1) is 15.0. The summed E-state index contributed by atoms with van der Waals surface area (Å²) in [4.78, 5) is 24.9. The van der Waals surface area contributed by atoms with Crippen molar-refractivity contribution >= 4 is 32.9 Å². The normalized spacial score (nSPS) is 15.5. The lowest BCUT2D eigenvalue weighted by molar-refractivity contribution is -0.137. The largest absolute Gasteiger partial charge is 0.480 e. The van der Waals surface area contributed by atoms with Crippen LogP contribution in [0.1, 0.15) is 53.1 Å². The van der Waals surface area contributed by atoms with Crippen LogP contribution in [0.3, 0.4) is 0 Å². The van der Waals surface area contributed by atoms with Crippen LogP contribution in [0.25, 0.3) is 0 Å². The predicted octanol–water partition coefficient (Wildman–Crippen LogP) is 4.52. The van der Waals surface area contributed by atoms with Gasteiger partial charge in [-0.05, 0) is 47.4 Å². The van der Waals surface area contributed by atoms with Crippen molar-refractivity contribution in [3.05, 3.63) is 69.9 Å². The molecule has 0 atom stereocenters. The number of carbonyl (C=O) groups is 2. The predicted molar refractivity (Wildman–Crippen MR) is 122 cm³/mol. The molecule has 1 aliphatic rings. The Balaban J connectivity index is 1.87. The van der Waals surface area contributed by atoms with Crippen molar-refractivity contribution in [1.82, 2.24) is 4.57 Å². The third-order valence-electron chi connectivity index (χ3n) is 6.00. The quantitative estimate of drug-likeness (QED) is 0.570. The van der Waals surface area contributed by atoms with E-state index in [0.717, 1.165) is 11.3 Å². The third kappa shape index (κ3) is 3.93. The zero-order valence-corrected chi connectivity index (χ0v) is 19.8. The molecule has 0 aliphatic heterocycles. The number of hydrogen-bond acceptors (Lipinski definition) is 5. The number of Topliss-reactive ketones (excluding diaryl/α,β-unsaturated/α-hetero) is 1. The molecule has 8 heteroatoms. The molecule has 0 saturated carbocycles. The van der Waals surface area contributed by atoms with Crippen LogP contribution in [0.5, 0.6) is 0 Å². The minimum atomic E-state index is -3.69. The molecule has 0 unspecified atom stereocenters. The number of carbonyl (C=O) groups excluding carboxylic acids is 1. The Morgan fingerprint density at radius 2 is 1.88 bits per heavy atom. The number of carboxylic acids is 1. The van der Waals surface area contributed by atoms with Crippen LogP contribution in [0.15, 0.2) is 50.9 Å².